The number of rotatable bonds is 5. The van der Waals surface area contributed by atoms with Gasteiger partial charge in [-0.05, 0) is 13.0 Å². The van der Waals surface area contributed by atoms with Crippen LogP contribution in [0.3, 0.4) is 0 Å². The Hall–Kier alpha value is -0.580. The maximum atomic E-state index is 8.68. The van der Waals surface area contributed by atoms with Crippen LogP contribution in [0.4, 0.5) is 0 Å². The Morgan fingerprint density at radius 3 is 2.80 bits per heavy atom. The maximum absolute atomic E-state index is 8.68. The molecule has 0 amide bonds. The maximum Gasteiger partial charge on any atom is 0.125 e. The van der Waals surface area contributed by atoms with Gasteiger partial charge in [0, 0.05) is 0 Å². The van der Waals surface area contributed by atoms with E-state index >= 15 is 0 Å². The zero-order valence-corrected chi connectivity index (χ0v) is 5.86. The molecule has 0 aromatic carbocycles. The van der Waals surface area contributed by atoms with Crippen LogP contribution in [-0.4, -0.2) is 29.5 Å². The minimum absolute atomic E-state index is 0.0269. The Kier molecular flexibility index (Phi) is 6.16. The Bertz CT molecular complexity index is 91.7. The molecule has 0 aromatic rings. The Morgan fingerprint density at radius 2 is 2.30 bits per heavy atom. The summed E-state index contributed by atoms with van der Waals surface area (Å²) in [6.07, 6.45) is 2.11. The van der Waals surface area contributed by atoms with Gasteiger partial charge in [0.05, 0.1) is 6.61 Å². The average molecular weight is 148 g/mol. The smallest absolute Gasteiger partial charge is 0.125 e. The monoisotopic (exact) mass is 148 g/mol. The molecule has 4 heteroatoms. The van der Waals surface area contributed by atoms with Gasteiger partial charge in [0.1, 0.15) is 19.0 Å². The lowest BCUT2D eigenvalue weighted by Crippen LogP contribution is -2.18. The molecule has 0 saturated heterocycles. The van der Waals surface area contributed by atoms with Crippen LogP contribution in [0.25, 0.3) is 0 Å². The highest BCUT2D eigenvalue weighted by atomic mass is 17.2. The summed E-state index contributed by atoms with van der Waals surface area (Å²) in [5, 5.41) is 17.0. The first-order valence-electron chi connectivity index (χ1n) is 2.99. The summed E-state index contributed by atoms with van der Waals surface area (Å²) >= 11 is 0. The van der Waals surface area contributed by atoms with Gasteiger partial charge in [-0.3, -0.25) is 0 Å². The van der Waals surface area contributed by atoms with Gasteiger partial charge < -0.3 is 15.1 Å². The predicted octanol–water partition coefficient (Wildman–Crippen LogP) is -0.179. The van der Waals surface area contributed by atoms with E-state index in [1.54, 1.807) is 13.0 Å². The second-order valence-corrected chi connectivity index (χ2v) is 1.69. The van der Waals surface area contributed by atoms with Crippen LogP contribution in [0.2, 0.25) is 0 Å². The van der Waals surface area contributed by atoms with Crippen molar-refractivity contribution in [2.75, 3.05) is 13.2 Å². The van der Waals surface area contributed by atoms with Gasteiger partial charge in [-0.1, -0.05) is 0 Å². The fourth-order valence-electron chi connectivity index (χ4n) is 0.265. The van der Waals surface area contributed by atoms with E-state index in [2.05, 4.69) is 9.78 Å². The molecule has 0 heterocycles. The van der Waals surface area contributed by atoms with E-state index in [1.165, 1.54) is 6.26 Å². The van der Waals surface area contributed by atoms with Crippen molar-refractivity contribution in [1.29, 1.82) is 0 Å². The molecule has 0 aromatic heterocycles. The van der Waals surface area contributed by atoms with Crippen molar-refractivity contribution in [3.63, 3.8) is 0 Å². The van der Waals surface area contributed by atoms with Gasteiger partial charge >= 0.3 is 0 Å². The van der Waals surface area contributed by atoms with E-state index in [1.807, 2.05) is 0 Å². The average Bonchev–Trinajstić information content (AvgIpc) is 1.98. The zero-order chi connectivity index (χ0) is 7.82. The summed E-state index contributed by atoms with van der Waals surface area (Å²) in [7, 11) is 0. The van der Waals surface area contributed by atoms with E-state index in [9.17, 15) is 0 Å². The number of aliphatic hydroxyl groups excluding tert-OH is 2. The van der Waals surface area contributed by atoms with E-state index in [0.29, 0.717) is 0 Å². The molecule has 0 aliphatic carbocycles. The molecule has 0 saturated carbocycles. The standard InChI is InChI=1S/C6H12O4/c1-2-3-9-10-5-6(8)4-7/h2-3,6-8H,4-5H2,1H3. The largest absolute Gasteiger partial charge is 0.394 e. The normalized spacial score (nSPS) is 13.9. The van der Waals surface area contributed by atoms with Crippen LogP contribution < -0.4 is 0 Å². The van der Waals surface area contributed by atoms with Crippen LogP contribution >= 0.6 is 0 Å². The van der Waals surface area contributed by atoms with E-state index in [-0.39, 0.29) is 13.2 Å². The Balaban J connectivity index is 3.03. The van der Waals surface area contributed by atoms with Crippen LogP contribution in [0.15, 0.2) is 12.3 Å². The second-order valence-electron chi connectivity index (χ2n) is 1.69. The molecule has 0 aliphatic heterocycles. The molecule has 0 radical (unpaired) electrons. The summed E-state index contributed by atoms with van der Waals surface area (Å²) < 4.78 is 0. The molecule has 2 N–H and O–H groups in total. The summed E-state index contributed by atoms with van der Waals surface area (Å²) in [4.78, 5) is 8.83. The number of allylic oxidation sites excluding steroid dienone is 1. The molecular formula is C6H12O4. The molecule has 0 bridgehead atoms. The van der Waals surface area contributed by atoms with Gasteiger partial charge in [-0.15, -0.1) is 0 Å². The lowest BCUT2D eigenvalue weighted by Gasteiger charge is -2.04. The third-order valence-electron chi connectivity index (χ3n) is 0.731. The highest BCUT2D eigenvalue weighted by molar-refractivity contribution is 4.62. The number of aliphatic hydroxyl groups is 2. The SMILES string of the molecule is CC=COOCC(O)CO. The van der Waals surface area contributed by atoms with Gasteiger partial charge in [-0.2, -0.15) is 4.89 Å². The quantitative estimate of drug-likeness (QED) is 0.246. The Morgan fingerprint density at radius 1 is 1.60 bits per heavy atom. The van der Waals surface area contributed by atoms with E-state index in [0.717, 1.165) is 0 Å². The highest BCUT2D eigenvalue weighted by Crippen LogP contribution is 1.85. The molecule has 0 spiro atoms. The zero-order valence-electron chi connectivity index (χ0n) is 5.86. The van der Waals surface area contributed by atoms with Gasteiger partial charge in [0.2, 0.25) is 0 Å². The minimum Gasteiger partial charge on any atom is -0.394 e. The fourth-order valence-corrected chi connectivity index (χ4v) is 0.265. The number of hydrogen-bond donors (Lipinski definition) is 2. The first-order chi connectivity index (χ1) is 4.81. The molecule has 1 atom stereocenters. The highest BCUT2D eigenvalue weighted by Gasteiger charge is 2.00. The summed E-state index contributed by atoms with van der Waals surface area (Å²) in [6, 6.07) is 0. The van der Waals surface area contributed by atoms with E-state index in [4.69, 9.17) is 10.2 Å². The van der Waals surface area contributed by atoms with Crippen molar-refractivity contribution in [3.8, 4) is 0 Å². The summed E-state index contributed by atoms with van der Waals surface area (Å²) in [5.74, 6) is 0. The molecule has 0 fully saturated rings. The molecule has 1 unspecified atom stereocenters. The summed E-state index contributed by atoms with van der Waals surface area (Å²) in [6.45, 7) is 1.42. The third-order valence-corrected chi connectivity index (χ3v) is 0.731. The lowest BCUT2D eigenvalue weighted by molar-refractivity contribution is -0.264. The van der Waals surface area contributed by atoms with E-state index < -0.39 is 6.10 Å². The van der Waals surface area contributed by atoms with Crippen LogP contribution in [0, 0.1) is 0 Å². The van der Waals surface area contributed by atoms with Crippen LogP contribution in [0.1, 0.15) is 6.92 Å². The summed E-state index contributed by atoms with van der Waals surface area (Å²) in [5.41, 5.74) is 0. The van der Waals surface area contributed by atoms with Crippen molar-refractivity contribution in [3.05, 3.63) is 12.3 Å². The first kappa shape index (κ1) is 9.42. The molecule has 4 nitrogen and oxygen atoms in total. The first-order valence-corrected chi connectivity index (χ1v) is 2.99. The van der Waals surface area contributed by atoms with Crippen molar-refractivity contribution in [2.24, 2.45) is 0 Å². The Labute approximate surface area is 59.6 Å². The molecule has 10 heavy (non-hydrogen) atoms. The fraction of sp³-hybridized carbons (Fsp3) is 0.667. The topological polar surface area (TPSA) is 58.9 Å². The van der Waals surface area contributed by atoms with Gasteiger partial charge in [0.25, 0.3) is 0 Å². The lowest BCUT2D eigenvalue weighted by atomic mass is 10.4. The second kappa shape index (κ2) is 6.54. The molecule has 60 valence electrons. The molecule has 0 aliphatic rings. The van der Waals surface area contributed by atoms with Crippen LogP contribution in [-0.2, 0) is 9.78 Å². The molecule has 0 rings (SSSR count). The number of hydrogen-bond acceptors (Lipinski definition) is 4. The third kappa shape index (κ3) is 5.55. The van der Waals surface area contributed by atoms with Crippen LogP contribution in [0.5, 0.6) is 0 Å². The van der Waals surface area contributed by atoms with Crippen molar-refractivity contribution >= 4 is 0 Å². The van der Waals surface area contributed by atoms with Crippen molar-refractivity contribution in [1.82, 2.24) is 0 Å². The van der Waals surface area contributed by atoms with Gasteiger partial charge in [0.15, 0.2) is 0 Å². The minimum atomic E-state index is -0.870. The van der Waals surface area contributed by atoms with Crippen molar-refractivity contribution < 1.29 is 20.0 Å². The predicted molar refractivity (Wildman–Crippen MR) is 34.9 cm³/mol. The van der Waals surface area contributed by atoms with Crippen molar-refractivity contribution in [2.45, 2.75) is 13.0 Å². The molecular weight excluding hydrogens is 136 g/mol. The van der Waals surface area contributed by atoms with Gasteiger partial charge in [-0.25, -0.2) is 0 Å².